The van der Waals surface area contributed by atoms with Crippen molar-refractivity contribution in [3.05, 3.63) is 45.9 Å². The summed E-state index contributed by atoms with van der Waals surface area (Å²) >= 11 is 1.69. The van der Waals surface area contributed by atoms with E-state index in [1.165, 1.54) is 17.0 Å². The van der Waals surface area contributed by atoms with Gasteiger partial charge in [-0.1, -0.05) is 6.07 Å². The minimum atomic E-state index is -4.32. The Morgan fingerprint density at radius 2 is 2.00 bits per heavy atom. The van der Waals surface area contributed by atoms with Gasteiger partial charge in [0.1, 0.15) is 0 Å². The summed E-state index contributed by atoms with van der Waals surface area (Å²) in [5.41, 5.74) is -0.00103. The third-order valence-corrected chi connectivity index (χ3v) is 5.59. The van der Waals surface area contributed by atoms with Crippen molar-refractivity contribution in [2.24, 2.45) is 4.99 Å². The van der Waals surface area contributed by atoms with Crippen molar-refractivity contribution < 1.29 is 13.2 Å². The van der Waals surface area contributed by atoms with Crippen LogP contribution in [0.15, 0.2) is 35.5 Å². The Bertz CT molecular complexity index is 810. The van der Waals surface area contributed by atoms with Crippen molar-refractivity contribution in [2.75, 3.05) is 44.7 Å². The second-order valence-electron chi connectivity index (χ2n) is 6.61. The van der Waals surface area contributed by atoms with Gasteiger partial charge < -0.3 is 15.1 Å². The maximum Gasteiger partial charge on any atom is 0.416 e. The van der Waals surface area contributed by atoms with Crippen LogP contribution in [0.2, 0.25) is 0 Å². The Morgan fingerprint density at radius 3 is 2.61 bits per heavy atom. The van der Waals surface area contributed by atoms with Gasteiger partial charge in [-0.15, -0.1) is 11.3 Å². The van der Waals surface area contributed by atoms with Crippen LogP contribution in [0.4, 0.5) is 18.9 Å². The number of piperazine rings is 1. The van der Waals surface area contributed by atoms with E-state index in [0.29, 0.717) is 31.9 Å². The van der Waals surface area contributed by atoms with Gasteiger partial charge in [-0.2, -0.15) is 13.2 Å². The molecule has 2 heterocycles. The predicted molar refractivity (Wildman–Crippen MR) is 107 cm³/mol. The number of nitrogens with one attached hydrogen (secondary N) is 1. The molecule has 0 aliphatic carbocycles. The number of aromatic nitrogens is 1. The zero-order valence-electron chi connectivity index (χ0n) is 16.0. The van der Waals surface area contributed by atoms with E-state index in [-0.39, 0.29) is 0 Å². The van der Waals surface area contributed by atoms with E-state index in [9.17, 15) is 13.2 Å². The Labute approximate surface area is 166 Å². The second-order valence-corrected chi connectivity index (χ2v) is 7.93. The summed E-state index contributed by atoms with van der Waals surface area (Å²) in [7, 11) is 1.75. The molecule has 0 unspecified atom stereocenters. The molecule has 1 aromatic carbocycles. The van der Waals surface area contributed by atoms with Gasteiger partial charge in [0.05, 0.1) is 10.6 Å². The van der Waals surface area contributed by atoms with E-state index in [1.54, 1.807) is 24.5 Å². The lowest BCUT2D eigenvalue weighted by Gasteiger charge is -2.37. The highest BCUT2D eigenvalue weighted by atomic mass is 32.1. The van der Waals surface area contributed by atoms with Gasteiger partial charge >= 0.3 is 6.18 Å². The molecule has 152 valence electrons. The molecule has 0 atom stereocenters. The first-order chi connectivity index (χ1) is 13.4. The van der Waals surface area contributed by atoms with Gasteiger partial charge in [-0.05, 0) is 25.1 Å². The fraction of sp³-hybridized carbons (Fsp3) is 0.474. The molecule has 0 spiro atoms. The van der Waals surface area contributed by atoms with E-state index < -0.39 is 11.7 Å². The molecule has 0 radical (unpaired) electrons. The molecule has 1 aliphatic rings. The SMILES string of the molecule is CN=C(NCCc1ncc(C)s1)N1CCN(c2cccc(C(F)(F)F)c2)CC1. The Morgan fingerprint density at radius 1 is 1.25 bits per heavy atom. The summed E-state index contributed by atoms with van der Waals surface area (Å²) in [5.74, 6) is 0.817. The maximum atomic E-state index is 12.9. The molecular formula is C19H24F3N5S. The fourth-order valence-electron chi connectivity index (χ4n) is 3.19. The highest BCUT2D eigenvalue weighted by molar-refractivity contribution is 7.11. The average Bonchev–Trinajstić information content (AvgIpc) is 3.10. The van der Waals surface area contributed by atoms with E-state index >= 15 is 0 Å². The van der Waals surface area contributed by atoms with Crippen LogP contribution < -0.4 is 10.2 Å². The molecule has 0 saturated carbocycles. The number of alkyl halides is 3. The molecular weight excluding hydrogens is 387 g/mol. The topological polar surface area (TPSA) is 43.8 Å². The summed E-state index contributed by atoms with van der Waals surface area (Å²) in [4.78, 5) is 14.0. The lowest BCUT2D eigenvalue weighted by Crippen LogP contribution is -2.52. The first-order valence-electron chi connectivity index (χ1n) is 9.16. The van der Waals surface area contributed by atoms with Crippen molar-refractivity contribution in [3.63, 3.8) is 0 Å². The molecule has 2 aromatic rings. The molecule has 0 amide bonds. The summed E-state index contributed by atoms with van der Waals surface area (Å²) < 4.78 is 38.8. The van der Waals surface area contributed by atoms with Crippen LogP contribution in [0, 0.1) is 6.92 Å². The fourth-order valence-corrected chi connectivity index (χ4v) is 3.97. The van der Waals surface area contributed by atoms with Gasteiger partial charge in [-0.3, -0.25) is 4.99 Å². The van der Waals surface area contributed by atoms with E-state index in [0.717, 1.165) is 30.0 Å². The zero-order chi connectivity index (χ0) is 20.1. The van der Waals surface area contributed by atoms with Crippen LogP contribution in [0.5, 0.6) is 0 Å². The predicted octanol–water partition coefficient (Wildman–Crippen LogP) is 3.41. The third-order valence-electron chi connectivity index (χ3n) is 4.62. The highest BCUT2D eigenvalue weighted by Crippen LogP contribution is 2.31. The van der Waals surface area contributed by atoms with Crippen molar-refractivity contribution in [1.29, 1.82) is 0 Å². The number of halogens is 3. The van der Waals surface area contributed by atoms with Gasteiger partial charge in [0.2, 0.25) is 0 Å². The van der Waals surface area contributed by atoms with Gasteiger partial charge in [0, 0.05) is 63.0 Å². The first kappa shape index (κ1) is 20.4. The van der Waals surface area contributed by atoms with E-state index in [2.05, 4.69) is 20.2 Å². The number of aliphatic imine (C=N–C) groups is 1. The Balaban J connectivity index is 1.52. The minimum absolute atomic E-state index is 0.608. The largest absolute Gasteiger partial charge is 0.416 e. The summed E-state index contributed by atoms with van der Waals surface area (Å²) in [5, 5.41) is 4.45. The standard InChI is InChI=1S/C19H24F3N5S/c1-14-13-25-17(28-14)6-7-24-18(23-2)27-10-8-26(9-11-27)16-5-3-4-15(12-16)19(20,21)22/h3-5,12-13H,6-11H2,1-2H3,(H,23,24). The van der Waals surface area contributed by atoms with Crippen LogP contribution in [0.25, 0.3) is 0 Å². The number of benzene rings is 1. The lowest BCUT2D eigenvalue weighted by atomic mass is 10.1. The molecule has 3 rings (SSSR count). The first-order valence-corrected chi connectivity index (χ1v) is 9.97. The molecule has 5 nitrogen and oxygen atoms in total. The smallest absolute Gasteiger partial charge is 0.368 e. The number of nitrogens with zero attached hydrogens (tertiary/aromatic N) is 4. The van der Waals surface area contributed by atoms with Crippen molar-refractivity contribution >= 4 is 23.0 Å². The number of aryl methyl sites for hydroxylation is 1. The lowest BCUT2D eigenvalue weighted by molar-refractivity contribution is -0.137. The van der Waals surface area contributed by atoms with Gasteiger partial charge in [-0.25, -0.2) is 4.98 Å². The average molecular weight is 411 g/mol. The Kier molecular flexibility index (Phi) is 6.43. The summed E-state index contributed by atoms with van der Waals surface area (Å²) in [6, 6.07) is 5.52. The molecule has 1 aliphatic heterocycles. The molecule has 9 heteroatoms. The monoisotopic (exact) mass is 411 g/mol. The van der Waals surface area contributed by atoms with Crippen LogP contribution in [0.1, 0.15) is 15.4 Å². The molecule has 28 heavy (non-hydrogen) atoms. The maximum absolute atomic E-state index is 12.9. The number of thiazole rings is 1. The van der Waals surface area contributed by atoms with E-state index in [4.69, 9.17) is 0 Å². The summed E-state index contributed by atoms with van der Waals surface area (Å²) in [6.45, 7) is 5.48. The minimum Gasteiger partial charge on any atom is -0.368 e. The third kappa shape index (κ3) is 5.15. The van der Waals surface area contributed by atoms with Crippen molar-refractivity contribution in [1.82, 2.24) is 15.2 Å². The van der Waals surface area contributed by atoms with Crippen LogP contribution >= 0.6 is 11.3 Å². The molecule has 1 fully saturated rings. The van der Waals surface area contributed by atoms with Crippen LogP contribution in [0.3, 0.4) is 0 Å². The van der Waals surface area contributed by atoms with Gasteiger partial charge in [0.25, 0.3) is 0 Å². The molecule has 1 aromatic heterocycles. The Hall–Kier alpha value is -2.29. The normalized spacial score (nSPS) is 15.8. The highest BCUT2D eigenvalue weighted by Gasteiger charge is 2.31. The molecule has 0 bridgehead atoms. The van der Waals surface area contributed by atoms with E-state index in [1.807, 2.05) is 18.0 Å². The second kappa shape index (κ2) is 8.81. The number of hydrogen-bond donors (Lipinski definition) is 1. The quantitative estimate of drug-likeness (QED) is 0.619. The van der Waals surface area contributed by atoms with Crippen LogP contribution in [-0.2, 0) is 12.6 Å². The zero-order valence-corrected chi connectivity index (χ0v) is 16.8. The number of rotatable bonds is 4. The molecule has 1 N–H and O–H groups in total. The molecule has 1 saturated heterocycles. The van der Waals surface area contributed by atoms with Crippen molar-refractivity contribution in [3.8, 4) is 0 Å². The van der Waals surface area contributed by atoms with Gasteiger partial charge in [0.15, 0.2) is 5.96 Å². The number of anilines is 1. The van der Waals surface area contributed by atoms with Crippen molar-refractivity contribution in [2.45, 2.75) is 19.5 Å². The number of hydrogen-bond acceptors (Lipinski definition) is 4. The number of guanidine groups is 1. The summed E-state index contributed by atoms with van der Waals surface area (Å²) in [6.07, 6.45) is -1.61. The van der Waals surface area contributed by atoms with Crippen LogP contribution in [-0.4, -0.2) is 55.6 Å².